The molecule has 3 amide bonds. The first-order valence-corrected chi connectivity index (χ1v) is 10.1. The van der Waals surface area contributed by atoms with Crippen LogP contribution in [-0.2, 0) is 35.3 Å². The van der Waals surface area contributed by atoms with Crippen LogP contribution in [0.3, 0.4) is 0 Å². The Labute approximate surface area is 182 Å². The van der Waals surface area contributed by atoms with E-state index in [9.17, 15) is 19.2 Å². The van der Waals surface area contributed by atoms with Gasteiger partial charge in [-0.25, -0.2) is 4.79 Å². The molecule has 0 spiro atoms. The zero-order chi connectivity index (χ0) is 23.2. The molecule has 1 aromatic rings. The van der Waals surface area contributed by atoms with Crippen LogP contribution in [0.15, 0.2) is 30.3 Å². The van der Waals surface area contributed by atoms with Crippen LogP contribution >= 0.6 is 0 Å². The number of ether oxygens (including phenoxy) is 2. The van der Waals surface area contributed by atoms with Gasteiger partial charge in [-0.2, -0.15) is 0 Å². The van der Waals surface area contributed by atoms with E-state index in [0.717, 1.165) is 5.56 Å². The lowest BCUT2D eigenvalue weighted by Crippen LogP contribution is -2.52. The second kappa shape index (κ2) is 14.1. The minimum Gasteiger partial charge on any atom is -0.459 e. The molecule has 0 saturated heterocycles. The second-order valence-electron chi connectivity index (χ2n) is 7.48. The summed E-state index contributed by atoms with van der Waals surface area (Å²) in [5.41, 5.74) is 11.8. The molecular formula is C21H32N4O6. The van der Waals surface area contributed by atoms with Gasteiger partial charge in [0.05, 0.1) is 6.04 Å². The highest BCUT2D eigenvalue weighted by atomic mass is 16.6. The largest absolute Gasteiger partial charge is 0.459 e. The molecule has 0 fully saturated rings. The molecule has 1 aromatic carbocycles. The Kier molecular flexibility index (Phi) is 11.9. The van der Waals surface area contributed by atoms with Crippen LogP contribution in [0.4, 0.5) is 0 Å². The van der Waals surface area contributed by atoms with Crippen molar-refractivity contribution in [3.63, 3.8) is 0 Å². The van der Waals surface area contributed by atoms with Crippen LogP contribution < -0.4 is 22.1 Å². The molecule has 172 valence electrons. The molecule has 0 heterocycles. The number of esters is 1. The van der Waals surface area contributed by atoms with E-state index in [1.807, 2.05) is 44.2 Å². The van der Waals surface area contributed by atoms with E-state index in [0.29, 0.717) is 6.42 Å². The average molecular weight is 437 g/mol. The number of benzene rings is 1. The van der Waals surface area contributed by atoms with Crippen molar-refractivity contribution < 1.29 is 28.7 Å². The van der Waals surface area contributed by atoms with Crippen molar-refractivity contribution in [3.8, 4) is 0 Å². The Morgan fingerprint density at radius 3 is 2.35 bits per heavy atom. The number of nitrogens with two attached hydrogens (primary N) is 2. The fourth-order valence-corrected chi connectivity index (χ4v) is 2.61. The first-order chi connectivity index (χ1) is 14.7. The van der Waals surface area contributed by atoms with E-state index in [4.69, 9.17) is 20.9 Å². The molecule has 0 bridgehead atoms. The average Bonchev–Trinajstić information content (AvgIpc) is 2.72. The van der Waals surface area contributed by atoms with Crippen molar-refractivity contribution in [1.82, 2.24) is 10.6 Å². The van der Waals surface area contributed by atoms with Crippen LogP contribution in [0.5, 0.6) is 0 Å². The predicted octanol–water partition coefficient (Wildman–Crippen LogP) is -0.0562. The maximum atomic E-state index is 12.4. The summed E-state index contributed by atoms with van der Waals surface area (Å²) in [7, 11) is 0. The highest BCUT2D eigenvalue weighted by Gasteiger charge is 2.24. The molecule has 6 N–H and O–H groups in total. The van der Waals surface area contributed by atoms with E-state index in [1.165, 1.54) is 0 Å². The van der Waals surface area contributed by atoms with E-state index >= 15 is 0 Å². The van der Waals surface area contributed by atoms with E-state index in [1.54, 1.807) is 0 Å². The Hall–Kier alpha value is -2.98. The van der Waals surface area contributed by atoms with Gasteiger partial charge in [0.25, 0.3) is 0 Å². The first-order valence-electron chi connectivity index (χ1n) is 10.1. The third-order valence-corrected chi connectivity index (χ3v) is 4.19. The van der Waals surface area contributed by atoms with E-state index < -0.39 is 35.8 Å². The summed E-state index contributed by atoms with van der Waals surface area (Å²) in [6, 6.07) is 7.38. The molecule has 10 nitrogen and oxygen atoms in total. The summed E-state index contributed by atoms with van der Waals surface area (Å²) in [5.74, 6) is -2.06. The first kappa shape index (κ1) is 26.1. The summed E-state index contributed by atoms with van der Waals surface area (Å²) >= 11 is 0. The summed E-state index contributed by atoms with van der Waals surface area (Å²) in [4.78, 5) is 47.4. The van der Waals surface area contributed by atoms with Gasteiger partial charge in [0, 0.05) is 6.42 Å². The van der Waals surface area contributed by atoms with Crippen LogP contribution in [0.2, 0.25) is 0 Å². The highest BCUT2D eigenvalue weighted by molar-refractivity contribution is 5.90. The number of carbonyl (C=O) groups excluding carboxylic acids is 4. The number of amides is 3. The third-order valence-electron chi connectivity index (χ3n) is 4.19. The molecule has 0 radical (unpaired) electrons. The molecule has 0 aliphatic heterocycles. The van der Waals surface area contributed by atoms with E-state index in [-0.39, 0.29) is 38.7 Å². The summed E-state index contributed by atoms with van der Waals surface area (Å²) in [6.45, 7) is 3.33. The lowest BCUT2D eigenvalue weighted by atomic mass is 10.0. The van der Waals surface area contributed by atoms with Gasteiger partial charge in [-0.15, -0.1) is 0 Å². The standard InChI is InChI=1S/C21H32N4O6/c1-14(2)10-16(22)20(28)25-17(8-9-18(23)26)21(29)24-13-30-12-19(27)31-11-15-6-4-3-5-7-15/h3-7,14,16-17H,8-13,22H2,1-2H3,(H2,23,26)(H,24,29)(H,25,28)/t16?,17-/m0/s1. The van der Waals surface area contributed by atoms with Crippen molar-refractivity contribution in [2.45, 2.75) is 51.8 Å². The smallest absolute Gasteiger partial charge is 0.332 e. The molecule has 10 heteroatoms. The van der Waals surface area contributed by atoms with Gasteiger partial charge in [0.2, 0.25) is 17.7 Å². The van der Waals surface area contributed by atoms with Gasteiger partial charge < -0.3 is 31.6 Å². The van der Waals surface area contributed by atoms with Crippen LogP contribution in [-0.4, -0.2) is 49.1 Å². The summed E-state index contributed by atoms with van der Waals surface area (Å²) in [5, 5.41) is 4.98. The highest BCUT2D eigenvalue weighted by Crippen LogP contribution is 2.05. The fraction of sp³-hybridized carbons (Fsp3) is 0.524. The summed E-state index contributed by atoms with van der Waals surface area (Å²) < 4.78 is 10.2. The van der Waals surface area contributed by atoms with Crippen molar-refractivity contribution >= 4 is 23.7 Å². The molecule has 0 aliphatic carbocycles. The van der Waals surface area contributed by atoms with Crippen molar-refractivity contribution in [1.29, 1.82) is 0 Å². The molecule has 0 aliphatic rings. The molecule has 1 rings (SSSR count). The maximum absolute atomic E-state index is 12.4. The van der Waals surface area contributed by atoms with Crippen LogP contribution in [0.25, 0.3) is 0 Å². The Balaban J connectivity index is 2.42. The Morgan fingerprint density at radius 2 is 1.74 bits per heavy atom. The van der Waals surface area contributed by atoms with E-state index in [2.05, 4.69) is 10.6 Å². The second-order valence-corrected chi connectivity index (χ2v) is 7.48. The lowest BCUT2D eigenvalue weighted by molar-refractivity contribution is -0.151. The molecule has 0 saturated carbocycles. The number of hydrogen-bond acceptors (Lipinski definition) is 7. The van der Waals surface area contributed by atoms with Gasteiger partial charge in [0.15, 0.2) is 0 Å². The topological polar surface area (TPSA) is 163 Å². The van der Waals surface area contributed by atoms with Gasteiger partial charge in [-0.3, -0.25) is 14.4 Å². The monoisotopic (exact) mass is 436 g/mol. The van der Waals surface area contributed by atoms with Gasteiger partial charge >= 0.3 is 5.97 Å². The quantitative estimate of drug-likeness (QED) is 0.180. The van der Waals surface area contributed by atoms with Gasteiger partial charge in [-0.05, 0) is 24.3 Å². The molecule has 1 unspecified atom stereocenters. The van der Waals surface area contributed by atoms with Crippen molar-refractivity contribution in [2.75, 3.05) is 13.3 Å². The number of hydrogen-bond donors (Lipinski definition) is 4. The zero-order valence-electron chi connectivity index (χ0n) is 18.0. The third kappa shape index (κ3) is 11.7. The fourth-order valence-electron chi connectivity index (χ4n) is 2.61. The summed E-state index contributed by atoms with van der Waals surface area (Å²) in [6.07, 6.45) is 0.370. The van der Waals surface area contributed by atoms with Crippen LogP contribution in [0, 0.1) is 5.92 Å². The Bertz CT molecular complexity index is 726. The lowest BCUT2D eigenvalue weighted by Gasteiger charge is -2.21. The number of primary amides is 1. The predicted molar refractivity (Wildman–Crippen MR) is 113 cm³/mol. The number of nitrogens with one attached hydrogen (secondary N) is 2. The molecule has 2 atom stereocenters. The normalized spacial score (nSPS) is 12.6. The minimum atomic E-state index is -1.01. The molecule has 31 heavy (non-hydrogen) atoms. The SMILES string of the molecule is CC(C)CC(N)C(=O)N[C@@H](CCC(N)=O)C(=O)NCOCC(=O)OCc1ccccc1. The van der Waals surface area contributed by atoms with Gasteiger partial charge in [-0.1, -0.05) is 44.2 Å². The Morgan fingerprint density at radius 1 is 1.06 bits per heavy atom. The van der Waals surface area contributed by atoms with Gasteiger partial charge in [0.1, 0.15) is 26.0 Å². The zero-order valence-corrected chi connectivity index (χ0v) is 18.0. The number of rotatable bonds is 14. The number of carbonyl (C=O) groups is 4. The molecular weight excluding hydrogens is 404 g/mol. The van der Waals surface area contributed by atoms with Crippen molar-refractivity contribution in [2.24, 2.45) is 17.4 Å². The van der Waals surface area contributed by atoms with Crippen LogP contribution in [0.1, 0.15) is 38.7 Å². The minimum absolute atomic E-state index is 0.0143. The molecule has 0 aromatic heterocycles. The maximum Gasteiger partial charge on any atom is 0.332 e. The van der Waals surface area contributed by atoms with Crippen molar-refractivity contribution in [3.05, 3.63) is 35.9 Å².